The highest BCUT2D eigenvalue weighted by Crippen LogP contribution is 2.36. The number of carbonyl (C=O) groups excluding carboxylic acids is 1. The number of ether oxygens (including phenoxy) is 2. The third-order valence-corrected chi connectivity index (χ3v) is 4.99. The van der Waals surface area contributed by atoms with Crippen LogP contribution >= 0.6 is 23.8 Å². The van der Waals surface area contributed by atoms with E-state index in [0.717, 1.165) is 5.75 Å². The van der Waals surface area contributed by atoms with Crippen molar-refractivity contribution in [3.05, 3.63) is 52.7 Å². The Morgan fingerprint density at radius 2 is 1.93 bits per heavy atom. The van der Waals surface area contributed by atoms with Gasteiger partial charge in [0, 0.05) is 7.05 Å². The first kappa shape index (κ1) is 20.0. The average molecular weight is 419 g/mol. The SMILES string of the molecule is CCOc1ccc(N2C(=O)/C(=C/c3cc(Cl)c(O)c(OC)c3)N(C)C2=S)cc1. The average Bonchev–Trinajstić information content (AvgIpc) is 2.89. The fourth-order valence-corrected chi connectivity index (χ4v) is 3.34. The Balaban J connectivity index is 1.96. The van der Waals surface area contributed by atoms with E-state index in [2.05, 4.69) is 0 Å². The molecule has 1 N–H and O–H groups in total. The molecule has 0 radical (unpaired) electrons. The minimum atomic E-state index is -0.264. The van der Waals surface area contributed by atoms with Crippen molar-refractivity contribution in [2.75, 3.05) is 25.7 Å². The maximum absolute atomic E-state index is 13.0. The number of hydrogen-bond acceptors (Lipinski definition) is 5. The van der Waals surface area contributed by atoms with E-state index in [-0.39, 0.29) is 22.4 Å². The molecule has 0 bridgehead atoms. The number of thiocarbonyl (C=S) groups is 1. The smallest absolute Gasteiger partial charge is 0.281 e. The largest absolute Gasteiger partial charge is 0.503 e. The van der Waals surface area contributed by atoms with Gasteiger partial charge in [0.05, 0.1) is 24.4 Å². The molecule has 146 valence electrons. The van der Waals surface area contributed by atoms with Crippen LogP contribution in [0, 0.1) is 0 Å². The molecule has 0 aliphatic carbocycles. The highest BCUT2D eigenvalue weighted by Gasteiger charge is 2.36. The monoisotopic (exact) mass is 418 g/mol. The first-order valence-electron chi connectivity index (χ1n) is 8.50. The van der Waals surface area contributed by atoms with Crippen LogP contribution in [0.15, 0.2) is 42.1 Å². The van der Waals surface area contributed by atoms with E-state index >= 15 is 0 Å². The highest BCUT2D eigenvalue weighted by atomic mass is 35.5. The molecule has 3 rings (SSSR count). The van der Waals surface area contributed by atoms with E-state index < -0.39 is 0 Å². The minimum Gasteiger partial charge on any atom is -0.503 e. The van der Waals surface area contributed by atoms with Gasteiger partial charge in [-0.05, 0) is 67.2 Å². The highest BCUT2D eigenvalue weighted by molar-refractivity contribution is 7.80. The summed E-state index contributed by atoms with van der Waals surface area (Å²) in [4.78, 5) is 16.1. The lowest BCUT2D eigenvalue weighted by atomic mass is 10.1. The number of phenolic OH excluding ortho intramolecular Hbond substituents is 1. The van der Waals surface area contributed by atoms with Crippen LogP contribution in [0.2, 0.25) is 5.02 Å². The number of rotatable bonds is 5. The maximum atomic E-state index is 13.0. The Morgan fingerprint density at radius 1 is 1.25 bits per heavy atom. The molecule has 0 aromatic heterocycles. The number of methoxy groups -OCH3 is 1. The second-order valence-corrected chi connectivity index (χ2v) is 6.76. The molecular formula is C20H19ClN2O4S. The predicted octanol–water partition coefficient (Wildman–Crippen LogP) is 4.06. The van der Waals surface area contributed by atoms with Gasteiger partial charge >= 0.3 is 0 Å². The van der Waals surface area contributed by atoms with Crippen molar-refractivity contribution < 1.29 is 19.4 Å². The van der Waals surface area contributed by atoms with Crippen molar-refractivity contribution in [1.29, 1.82) is 0 Å². The van der Waals surface area contributed by atoms with Gasteiger partial charge in [0.25, 0.3) is 5.91 Å². The number of anilines is 1. The van der Waals surface area contributed by atoms with Crippen molar-refractivity contribution in [2.24, 2.45) is 0 Å². The first-order chi connectivity index (χ1) is 13.4. The molecule has 0 unspecified atom stereocenters. The van der Waals surface area contributed by atoms with Crippen LogP contribution in [0.1, 0.15) is 12.5 Å². The maximum Gasteiger partial charge on any atom is 0.281 e. The number of benzene rings is 2. The minimum absolute atomic E-state index is 0.130. The summed E-state index contributed by atoms with van der Waals surface area (Å²) < 4.78 is 10.6. The zero-order valence-electron chi connectivity index (χ0n) is 15.6. The zero-order chi connectivity index (χ0) is 20.4. The summed E-state index contributed by atoms with van der Waals surface area (Å²) >= 11 is 11.5. The summed E-state index contributed by atoms with van der Waals surface area (Å²) in [5.74, 6) is 0.529. The first-order valence-corrected chi connectivity index (χ1v) is 9.29. The molecule has 1 saturated heterocycles. The molecule has 1 amide bonds. The van der Waals surface area contributed by atoms with Crippen LogP contribution in [0.4, 0.5) is 5.69 Å². The lowest BCUT2D eigenvalue weighted by Gasteiger charge is -2.16. The summed E-state index contributed by atoms with van der Waals surface area (Å²) in [7, 11) is 3.15. The van der Waals surface area contributed by atoms with Crippen molar-refractivity contribution in [3.8, 4) is 17.2 Å². The predicted molar refractivity (Wildman–Crippen MR) is 113 cm³/mol. The van der Waals surface area contributed by atoms with Gasteiger partial charge in [-0.15, -0.1) is 0 Å². The second kappa shape index (κ2) is 8.08. The number of phenols is 1. The number of halogens is 1. The van der Waals surface area contributed by atoms with Crippen LogP contribution in [-0.2, 0) is 4.79 Å². The van der Waals surface area contributed by atoms with Crippen molar-refractivity contribution >= 4 is 46.6 Å². The molecule has 1 fully saturated rings. The molecule has 0 saturated carbocycles. The standard InChI is InChI=1S/C20H19ClN2O4S/c1-4-27-14-7-5-13(6-8-14)23-19(25)16(22(2)20(23)28)10-12-9-15(21)18(24)17(11-12)26-3/h5-11,24H,4H2,1-3H3/b16-10-. The molecule has 8 heteroatoms. The van der Waals surface area contributed by atoms with E-state index in [1.54, 1.807) is 54.4 Å². The van der Waals surface area contributed by atoms with Crippen LogP contribution < -0.4 is 14.4 Å². The Kier molecular flexibility index (Phi) is 5.76. The third kappa shape index (κ3) is 3.63. The van der Waals surface area contributed by atoms with Gasteiger partial charge in [-0.2, -0.15) is 0 Å². The normalized spacial score (nSPS) is 15.5. The van der Waals surface area contributed by atoms with Gasteiger partial charge in [-0.3, -0.25) is 9.69 Å². The van der Waals surface area contributed by atoms with Gasteiger partial charge < -0.3 is 19.5 Å². The van der Waals surface area contributed by atoms with Gasteiger partial charge in [0.1, 0.15) is 11.4 Å². The van der Waals surface area contributed by atoms with Gasteiger partial charge in [-0.1, -0.05) is 11.6 Å². The number of amides is 1. The summed E-state index contributed by atoms with van der Waals surface area (Å²) in [6.07, 6.45) is 1.65. The summed E-state index contributed by atoms with van der Waals surface area (Å²) in [6, 6.07) is 10.3. The van der Waals surface area contributed by atoms with Gasteiger partial charge in [0.15, 0.2) is 16.6 Å². The Hall–Kier alpha value is -2.77. The number of aromatic hydroxyl groups is 1. The van der Waals surface area contributed by atoms with E-state index in [1.807, 2.05) is 6.92 Å². The van der Waals surface area contributed by atoms with Crippen LogP contribution in [0.25, 0.3) is 6.08 Å². The fraction of sp³-hybridized carbons (Fsp3) is 0.200. The molecule has 1 aliphatic heterocycles. The quantitative estimate of drug-likeness (QED) is 0.583. The fourth-order valence-electron chi connectivity index (χ4n) is 2.83. The number of carbonyl (C=O) groups is 1. The van der Waals surface area contributed by atoms with E-state index in [1.165, 1.54) is 12.0 Å². The van der Waals surface area contributed by atoms with E-state index in [0.29, 0.717) is 28.7 Å². The van der Waals surface area contributed by atoms with E-state index in [4.69, 9.17) is 33.3 Å². The van der Waals surface area contributed by atoms with Crippen molar-refractivity contribution in [3.63, 3.8) is 0 Å². The van der Waals surface area contributed by atoms with Crippen LogP contribution in [0.5, 0.6) is 17.2 Å². The summed E-state index contributed by atoms with van der Waals surface area (Å²) in [5, 5.41) is 10.4. The molecular weight excluding hydrogens is 400 g/mol. The lowest BCUT2D eigenvalue weighted by molar-refractivity contribution is -0.114. The molecule has 0 atom stereocenters. The van der Waals surface area contributed by atoms with Gasteiger partial charge in [0.2, 0.25) is 0 Å². The molecule has 1 aliphatic rings. The summed E-state index contributed by atoms with van der Waals surface area (Å²) in [5.41, 5.74) is 1.63. The topological polar surface area (TPSA) is 62.2 Å². The number of likely N-dealkylation sites (N-methyl/N-ethyl adjacent to an activating group) is 1. The number of nitrogens with zero attached hydrogens (tertiary/aromatic N) is 2. The Bertz CT molecular complexity index is 959. The third-order valence-electron chi connectivity index (χ3n) is 4.24. The second-order valence-electron chi connectivity index (χ2n) is 5.99. The van der Waals surface area contributed by atoms with E-state index in [9.17, 15) is 9.90 Å². The van der Waals surface area contributed by atoms with Crippen LogP contribution in [0.3, 0.4) is 0 Å². The van der Waals surface area contributed by atoms with Gasteiger partial charge in [-0.25, -0.2) is 0 Å². The lowest BCUT2D eigenvalue weighted by Crippen LogP contribution is -2.31. The number of hydrogen-bond donors (Lipinski definition) is 1. The molecule has 6 nitrogen and oxygen atoms in total. The Morgan fingerprint density at radius 3 is 2.54 bits per heavy atom. The summed E-state index contributed by atoms with van der Waals surface area (Å²) in [6.45, 7) is 2.47. The molecule has 0 spiro atoms. The Labute approximate surface area is 173 Å². The molecule has 28 heavy (non-hydrogen) atoms. The zero-order valence-corrected chi connectivity index (χ0v) is 17.2. The molecule has 2 aromatic rings. The molecule has 2 aromatic carbocycles. The van der Waals surface area contributed by atoms with Crippen molar-refractivity contribution in [1.82, 2.24) is 4.90 Å². The van der Waals surface area contributed by atoms with Crippen molar-refractivity contribution in [2.45, 2.75) is 6.92 Å². The molecule has 1 heterocycles. The van der Waals surface area contributed by atoms with Crippen LogP contribution in [-0.4, -0.2) is 41.8 Å².